The number of oxazole rings is 1. The minimum absolute atomic E-state index is 0.0387. The highest BCUT2D eigenvalue weighted by Crippen LogP contribution is 2.49. The Hall–Kier alpha value is -1.46. The standard InChI is InChI=1S/C14H19F2NO3/c1-4-19-13(18)10-9(11(15)16)17-12(20-10)8-6-5-7-14(8,2)3/h8,11H,4-7H2,1-3H3. The molecule has 1 aliphatic rings. The van der Waals surface area contributed by atoms with E-state index in [1.54, 1.807) is 6.92 Å². The number of hydrogen-bond donors (Lipinski definition) is 0. The summed E-state index contributed by atoms with van der Waals surface area (Å²) in [6, 6.07) is 0. The molecular weight excluding hydrogens is 268 g/mol. The molecule has 112 valence electrons. The summed E-state index contributed by atoms with van der Waals surface area (Å²) in [5.74, 6) is -1.15. The van der Waals surface area contributed by atoms with Crippen LogP contribution in [-0.4, -0.2) is 17.6 Å². The lowest BCUT2D eigenvalue weighted by molar-refractivity contribution is 0.0472. The van der Waals surface area contributed by atoms with Crippen molar-refractivity contribution < 1.29 is 22.7 Å². The van der Waals surface area contributed by atoms with Crippen molar-refractivity contribution in [1.29, 1.82) is 0 Å². The van der Waals surface area contributed by atoms with Crippen LogP contribution in [0, 0.1) is 5.41 Å². The van der Waals surface area contributed by atoms with E-state index in [2.05, 4.69) is 18.8 Å². The fraction of sp³-hybridized carbons (Fsp3) is 0.714. The lowest BCUT2D eigenvalue weighted by atomic mass is 9.82. The molecular formula is C14H19F2NO3. The van der Waals surface area contributed by atoms with Crippen LogP contribution in [0.3, 0.4) is 0 Å². The highest BCUT2D eigenvalue weighted by atomic mass is 19.3. The van der Waals surface area contributed by atoms with Gasteiger partial charge in [-0.25, -0.2) is 18.6 Å². The van der Waals surface area contributed by atoms with E-state index < -0.39 is 23.8 Å². The Morgan fingerprint density at radius 2 is 2.25 bits per heavy atom. The second-order valence-corrected chi connectivity index (χ2v) is 5.72. The van der Waals surface area contributed by atoms with Gasteiger partial charge in [0.1, 0.15) is 0 Å². The maximum absolute atomic E-state index is 13.0. The number of rotatable bonds is 4. The van der Waals surface area contributed by atoms with E-state index in [1.165, 1.54) is 0 Å². The molecule has 0 N–H and O–H groups in total. The number of carbonyl (C=O) groups is 1. The average molecular weight is 287 g/mol. The van der Waals surface area contributed by atoms with E-state index in [9.17, 15) is 13.6 Å². The zero-order valence-corrected chi connectivity index (χ0v) is 11.9. The number of alkyl halides is 2. The maximum Gasteiger partial charge on any atom is 0.376 e. The summed E-state index contributed by atoms with van der Waals surface area (Å²) in [5, 5.41) is 0. The topological polar surface area (TPSA) is 52.3 Å². The quantitative estimate of drug-likeness (QED) is 0.783. The summed E-state index contributed by atoms with van der Waals surface area (Å²) < 4.78 is 36.1. The highest BCUT2D eigenvalue weighted by Gasteiger charge is 2.40. The zero-order valence-electron chi connectivity index (χ0n) is 11.9. The summed E-state index contributed by atoms with van der Waals surface area (Å²) in [6.07, 6.45) is -0.0350. The van der Waals surface area contributed by atoms with Crippen LogP contribution in [0.5, 0.6) is 0 Å². The summed E-state index contributed by atoms with van der Waals surface area (Å²) in [7, 11) is 0. The van der Waals surface area contributed by atoms with Crippen LogP contribution in [0.15, 0.2) is 4.42 Å². The molecule has 1 unspecified atom stereocenters. The molecule has 2 rings (SSSR count). The Morgan fingerprint density at radius 1 is 1.55 bits per heavy atom. The average Bonchev–Trinajstić information content (AvgIpc) is 2.92. The first kappa shape index (κ1) is 14.9. The second-order valence-electron chi connectivity index (χ2n) is 5.72. The molecule has 1 aromatic rings. The van der Waals surface area contributed by atoms with Gasteiger partial charge in [-0.05, 0) is 25.2 Å². The molecule has 1 aromatic heterocycles. The highest BCUT2D eigenvalue weighted by molar-refractivity contribution is 5.87. The van der Waals surface area contributed by atoms with E-state index in [1.807, 2.05) is 0 Å². The third-order valence-corrected chi connectivity index (χ3v) is 3.89. The van der Waals surface area contributed by atoms with Gasteiger partial charge in [-0.1, -0.05) is 20.3 Å². The van der Waals surface area contributed by atoms with Crippen LogP contribution in [0.2, 0.25) is 0 Å². The lowest BCUT2D eigenvalue weighted by Crippen LogP contribution is -2.15. The van der Waals surface area contributed by atoms with Crippen molar-refractivity contribution in [2.24, 2.45) is 5.41 Å². The van der Waals surface area contributed by atoms with Crippen molar-refractivity contribution in [2.75, 3.05) is 6.61 Å². The second kappa shape index (κ2) is 5.50. The number of carbonyl (C=O) groups excluding carboxylic acids is 1. The Balaban J connectivity index is 2.37. The monoisotopic (exact) mass is 287 g/mol. The molecule has 1 fully saturated rings. The van der Waals surface area contributed by atoms with Crippen LogP contribution >= 0.6 is 0 Å². The predicted octanol–water partition coefficient (Wildman–Crippen LogP) is 4.08. The molecule has 0 spiro atoms. The fourth-order valence-electron chi connectivity index (χ4n) is 2.77. The number of hydrogen-bond acceptors (Lipinski definition) is 4. The van der Waals surface area contributed by atoms with Crippen LogP contribution in [-0.2, 0) is 4.74 Å². The number of esters is 1. The molecule has 0 aliphatic heterocycles. The molecule has 6 heteroatoms. The van der Waals surface area contributed by atoms with Crippen LogP contribution in [0.25, 0.3) is 0 Å². The third-order valence-electron chi connectivity index (χ3n) is 3.89. The number of aromatic nitrogens is 1. The summed E-state index contributed by atoms with van der Waals surface area (Å²) in [5.41, 5.74) is -0.669. The number of halogens is 2. The molecule has 20 heavy (non-hydrogen) atoms. The van der Waals surface area contributed by atoms with Crippen molar-refractivity contribution in [3.05, 3.63) is 17.3 Å². The van der Waals surface area contributed by atoms with Crippen LogP contribution < -0.4 is 0 Å². The first-order valence-electron chi connectivity index (χ1n) is 6.82. The van der Waals surface area contributed by atoms with Crippen molar-refractivity contribution in [3.8, 4) is 0 Å². The van der Waals surface area contributed by atoms with Gasteiger partial charge in [-0.15, -0.1) is 0 Å². The van der Waals surface area contributed by atoms with Gasteiger partial charge in [0.2, 0.25) is 5.76 Å². The van der Waals surface area contributed by atoms with Crippen molar-refractivity contribution >= 4 is 5.97 Å². The van der Waals surface area contributed by atoms with Gasteiger partial charge < -0.3 is 9.15 Å². The molecule has 1 atom stereocenters. The molecule has 4 nitrogen and oxygen atoms in total. The fourth-order valence-corrected chi connectivity index (χ4v) is 2.77. The molecule has 1 heterocycles. The largest absolute Gasteiger partial charge is 0.460 e. The zero-order chi connectivity index (χ0) is 14.9. The summed E-state index contributed by atoms with van der Waals surface area (Å²) in [4.78, 5) is 15.5. The van der Waals surface area contributed by atoms with E-state index in [0.717, 1.165) is 19.3 Å². The summed E-state index contributed by atoms with van der Waals surface area (Å²) >= 11 is 0. The Bertz CT molecular complexity index is 497. The minimum atomic E-state index is -2.85. The molecule has 0 radical (unpaired) electrons. The molecule has 0 amide bonds. The van der Waals surface area contributed by atoms with Gasteiger partial charge in [-0.3, -0.25) is 0 Å². The molecule has 0 aromatic carbocycles. The van der Waals surface area contributed by atoms with Crippen molar-refractivity contribution in [1.82, 2.24) is 4.98 Å². The first-order chi connectivity index (χ1) is 9.36. The SMILES string of the molecule is CCOC(=O)c1oc(C2CCCC2(C)C)nc1C(F)F. The van der Waals surface area contributed by atoms with E-state index in [-0.39, 0.29) is 23.8 Å². The van der Waals surface area contributed by atoms with Crippen LogP contribution in [0.1, 0.15) is 74.5 Å². The van der Waals surface area contributed by atoms with E-state index in [0.29, 0.717) is 0 Å². The van der Waals surface area contributed by atoms with Gasteiger partial charge >= 0.3 is 5.97 Å². The minimum Gasteiger partial charge on any atom is -0.460 e. The van der Waals surface area contributed by atoms with E-state index in [4.69, 9.17) is 9.15 Å². The van der Waals surface area contributed by atoms with Gasteiger partial charge in [0.25, 0.3) is 6.43 Å². The third kappa shape index (κ3) is 2.69. The van der Waals surface area contributed by atoms with E-state index >= 15 is 0 Å². The van der Waals surface area contributed by atoms with Crippen molar-refractivity contribution in [3.63, 3.8) is 0 Å². The number of ether oxygens (including phenoxy) is 1. The first-order valence-corrected chi connectivity index (χ1v) is 6.82. The van der Waals surface area contributed by atoms with Crippen LogP contribution in [0.4, 0.5) is 8.78 Å². The predicted molar refractivity (Wildman–Crippen MR) is 67.8 cm³/mol. The molecule has 1 saturated carbocycles. The Kier molecular flexibility index (Phi) is 4.11. The summed E-state index contributed by atoms with van der Waals surface area (Å²) in [6.45, 7) is 5.83. The smallest absolute Gasteiger partial charge is 0.376 e. The molecule has 1 aliphatic carbocycles. The molecule has 0 saturated heterocycles. The van der Waals surface area contributed by atoms with Crippen molar-refractivity contribution in [2.45, 2.75) is 52.4 Å². The normalized spacial score (nSPS) is 21.4. The molecule has 0 bridgehead atoms. The maximum atomic E-state index is 13.0. The lowest BCUT2D eigenvalue weighted by Gasteiger charge is -2.23. The Labute approximate surface area is 116 Å². The Morgan fingerprint density at radius 3 is 2.75 bits per heavy atom. The van der Waals surface area contributed by atoms with Gasteiger partial charge in [0.05, 0.1) is 6.61 Å². The van der Waals surface area contributed by atoms with Gasteiger partial charge in [0.15, 0.2) is 11.6 Å². The van der Waals surface area contributed by atoms with Gasteiger partial charge in [0, 0.05) is 5.92 Å². The van der Waals surface area contributed by atoms with Gasteiger partial charge in [-0.2, -0.15) is 0 Å². The number of nitrogens with zero attached hydrogens (tertiary/aromatic N) is 1.